The number of nitrogens with zero attached hydrogens (tertiary/aromatic N) is 1. The Morgan fingerprint density at radius 1 is 1.28 bits per heavy atom. The smallest absolute Gasteiger partial charge is 0.267 e. The van der Waals surface area contributed by atoms with Crippen molar-refractivity contribution in [3.8, 4) is 5.75 Å². The van der Waals surface area contributed by atoms with Crippen LogP contribution in [0.3, 0.4) is 0 Å². The van der Waals surface area contributed by atoms with Crippen LogP contribution < -0.4 is 14.4 Å². The van der Waals surface area contributed by atoms with E-state index in [9.17, 15) is 13.2 Å². The molecule has 6 nitrogen and oxygen atoms in total. The van der Waals surface area contributed by atoms with Crippen LogP contribution in [0, 0.1) is 6.92 Å². The third-order valence-electron chi connectivity index (χ3n) is 3.77. The van der Waals surface area contributed by atoms with E-state index in [1.807, 2.05) is 19.1 Å². The third kappa shape index (κ3) is 3.96. The van der Waals surface area contributed by atoms with E-state index in [-0.39, 0.29) is 6.54 Å². The van der Waals surface area contributed by atoms with Gasteiger partial charge in [-0.25, -0.2) is 8.42 Å². The topological polar surface area (TPSA) is 75.7 Å². The van der Waals surface area contributed by atoms with Gasteiger partial charge in [0.05, 0.1) is 18.5 Å². The maximum absolute atomic E-state index is 12.6. The van der Waals surface area contributed by atoms with Gasteiger partial charge in [0, 0.05) is 10.2 Å². The molecule has 0 aliphatic carbocycles. The molecule has 2 aromatic rings. The number of amides is 1. The van der Waals surface area contributed by atoms with Gasteiger partial charge in [0.1, 0.15) is 5.75 Å². The molecule has 1 aliphatic heterocycles. The number of rotatable bonds is 3. The number of hydrogen-bond acceptors (Lipinski definition) is 4. The lowest BCUT2D eigenvalue weighted by atomic mass is 10.1. The molecular weight excluding hydrogens is 408 g/mol. The molecule has 1 atom stereocenters. The van der Waals surface area contributed by atoms with E-state index in [4.69, 9.17) is 4.74 Å². The zero-order valence-electron chi connectivity index (χ0n) is 13.7. The highest BCUT2D eigenvalue weighted by atomic mass is 79.9. The van der Waals surface area contributed by atoms with E-state index in [2.05, 4.69) is 21.2 Å². The minimum absolute atomic E-state index is 0.0743. The van der Waals surface area contributed by atoms with Gasteiger partial charge >= 0.3 is 0 Å². The maximum atomic E-state index is 12.6. The number of halogens is 1. The highest BCUT2D eigenvalue weighted by Crippen LogP contribution is 2.36. The Kier molecular flexibility index (Phi) is 4.75. The number of benzene rings is 2. The van der Waals surface area contributed by atoms with Crippen LogP contribution in [0.25, 0.3) is 0 Å². The second-order valence-electron chi connectivity index (χ2n) is 5.87. The van der Waals surface area contributed by atoms with Crippen LogP contribution in [0.5, 0.6) is 5.75 Å². The molecule has 0 bridgehead atoms. The van der Waals surface area contributed by atoms with E-state index in [1.165, 1.54) is 4.31 Å². The molecular formula is C17H17BrN2O4S. The Hall–Kier alpha value is -2.06. The van der Waals surface area contributed by atoms with Crippen LogP contribution in [-0.4, -0.2) is 33.2 Å². The molecule has 132 valence electrons. The fourth-order valence-electron chi connectivity index (χ4n) is 2.60. The number of hydrogen-bond donors (Lipinski definition) is 1. The Bertz CT molecular complexity index is 930. The monoisotopic (exact) mass is 424 g/mol. The lowest BCUT2D eigenvalue weighted by molar-refractivity contribution is -0.122. The molecule has 8 heteroatoms. The van der Waals surface area contributed by atoms with Crippen LogP contribution in [0.1, 0.15) is 5.56 Å². The normalized spacial score (nSPS) is 16.8. The van der Waals surface area contributed by atoms with E-state index in [0.29, 0.717) is 17.1 Å². The zero-order valence-corrected chi connectivity index (χ0v) is 16.1. The zero-order chi connectivity index (χ0) is 18.2. The van der Waals surface area contributed by atoms with Crippen molar-refractivity contribution in [2.75, 3.05) is 22.4 Å². The number of ether oxygens (including phenoxy) is 1. The van der Waals surface area contributed by atoms with Crippen molar-refractivity contribution in [3.63, 3.8) is 0 Å². The van der Waals surface area contributed by atoms with E-state index < -0.39 is 22.0 Å². The van der Waals surface area contributed by atoms with Crippen LogP contribution >= 0.6 is 15.9 Å². The van der Waals surface area contributed by atoms with Gasteiger partial charge in [-0.05, 0) is 42.8 Å². The molecule has 0 aromatic heterocycles. The number of aryl methyl sites for hydroxylation is 1. The Morgan fingerprint density at radius 2 is 2.04 bits per heavy atom. The molecule has 0 unspecified atom stereocenters. The number of carbonyl (C=O) groups is 1. The average molecular weight is 425 g/mol. The molecule has 0 saturated heterocycles. The summed E-state index contributed by atoms with van der Waals surface area (Å²) in [4.78, 5) is 12.6. The summed E-state index contributed by atoms with van der Waals surface area (Å²) >= 11 is 3.34. The Labute approximate surface area is 155 Å². The first kappa shape index (κ1) is 17.8. The van der Waals surface area contributed by atoms with Crippen molar-refractivity contribution in [1.82, 2.24) is 0 Å². The van der Waals surface area contributed by atoms with Gasteiger partial charge in [0.25, 0.3) is 5.91 Å². The minimum Gasteiger partial charge on any atom is -0.476 e. The first-order valence-electron chi connectivity index (χ1n) is 7.55. The molecule has 1 aliphatic rings. The number of nitrogens with one attached hydrogen (secondary N) is 1. The molecule has 0 saturated carbocycles. The molecule has 25 heavy (non-hydrogen) atoms. The van der Waals surface area contributed by atoms with Gasteiger partial charge < -0.3 is 10.1 Å². The number of sulfonamides is 1. The lowest BCUT2D eigenvalue weighted by Crippen LogP contribution is -2.48. The van der Waals surface area contributed by atoms with E-state index >= 15 is 0 Å². The van der Waals surface area contributed by atoms with Crippen molar-refractivity contribution >= 4 is 43.2 Å². The highest BCUT2D eigenvalue weighted by Gasteiger charge is 2.35. The first-order valence-corrected chi connectivity index (χ1v) is 10.2. The van der Waals surface area contributed by atoms with Crippen LogP contribution in [0.2, 0.25) is 0 Å². The standard InChI is InChI=1S/C17H17BrN2O4S/c1-11-6-7-15-14(8-11)20(25(2,22)23)10-16(24-15)17(21)19-13-5-3-4-12(18)9-13/h3-9,16H,10H2,1-2H3,(H,19,21)/t16-/m0/s1. The fourth-order valence-corrected chi connectivity index (χ4v) is 3.91. The average Bonchev–Trinajstić information content (AvgIpc) is 2.52. The summed E-state index contributed by atoms with van der Waals surface area (Å²) in [6, 6.07) is 12.4. The second kappa shape index (κ2) is 6.68. The molecule has 0 spiro atoms. The molecule has 1 amide bonds. The molecule has 0 fully saturated rings. The molecule has 1 heterocycles. The quantitative estimate of drug-likeness (QED) is 0.821. The Balaban J connectivity index is 1.89. The summed E-state index contributed by atoms with van der Waals surface area (Å²) in [5, 5.41) is 2.75. The van der Waals surface area contributed by atoms with Gasteiger partial charge in [-0.15, -0.1) is 0 Å². The number of anilines is 2. The van der Waals surface area contributed by atoms with Crippen LogP contribution in [0.4, 0.5) is 11.4 Å². The summed E-state index contributed by atoms with van der Waals surface area (Å²) in [6.45, 7) is 1.79. The van der Waals surface area contributed by atoms with E-state index in [0.717, 1.165) is 16.3 Å². The SMILES string of the molecule is Cc1ccc2c(c1)N(S(C)(=O)=O)C[C@@H](C(=O)Nc1cccc(Br)c1)O2. The molecule has 2 aromatic carbocycles. The number of carbonyl (C=O) groups excluding carboxylic acids is 1. The molecule has 1 N–H and O–H groups in total. The van der Waals surface area contributed by atoms with Gasteiger partial charge in [-0.3, -0.25) is 9.10 Å². The summed E-state index contributed by atoms with van der Waals surface area (Å²) in [7, 11) is -3.54. The third-order valence-corrected chi connectivity index (χ3v) is 5.41. The second-order valence-corrected chi connectivity index (χ2v) is 8.69. The maximum Gasteiger partial charge on any atom is 0.267 e. The molecule has 0 radical (unpaired) electrons. The van der Waals surface area contributed by atoms with Crippen molar-refractivity contribution in [2.45, 2.75) is 13.0 Å². The van der Waals surface area contributed by atoms with Crippen molar-refractivity contribution in [3.05, 3.63) is 52.5 Å². The van der Waals surface area contributed by atoms with Crippen molar-refractivity contribution in [1.29, 1.82) is 0 Å². The fraction of sp³-hybridized carbons (Fsp3) is 0.235. The van der Waals surface area contributed by atoms with Gasteiger partial charge in [-0.2, -0.15) is 0 Å². The van der Waals surface area contributed by atoms with Gasteiger partial charge in [-0.1, -0.05) is 28.1 Å². The first-order chi connectivity index (χ1) is 11.7. The predicted molar refractivity (Wildman–Crippen MR) is 101 cm³/mol. The highest BCUT2D eigenvalue weighted by molar-refractivity contribution is 9.10. The summed E-state index contributed by atoms with van der Waals surface area (Å²) < 4.78 is 32.1. The summed E-state index contributed by atoms with van der Waals surface area (Å²) in [5.41, 5.74) is 1.96. The van der Waals surface area contributed by atoms with Crippen molar-refractivity contribution in [2.24, 2.45) is 0 Å². The van der Waals surface area contributed by atoms with Gasteiger partial charge in [0.2, 0.25) is 10.0 Å². The summed E-state index contributed by atoms with van der Waals surface area (Å²) in [6.07, 6.45) is 0.178. The molecule has 3 rings (SSSR count). The van der Waals surface area contributed by atoms with Crippen LogP contribution in [0.15, 0.2) is 46.9 Å². The van der Waals surface area contributed by atoms with Crippen LogP contribution in [-0.2, 0) is 14.8 Å². The Morgan fingerprint density at radius 3 is 2.72 bits per heavy atom. The van der Waals surface area contributed by atoms with Gasteiger partial charge in [0.15, 0.2) is 6.10 Å². The van der Waals surface area contributed by atoms with Crippen molar-refractivity contribution < 1.29 is 17.9 Å². The van der Waals surface area contributed by atoms with E-state index in [1.54, 1.807) is 30.3 Å². The lowest BCUT2D eigenvalue weighted by Gasteiger charge is -2.34. The number of fused-ring (bicyclic) bond motifs is 1. The largest absolute Gasteiger partial charge is 0.476 e. The predicted octanol–water partition coefficient (Wildman–Crippen LogP) is 2.92. The minimum atomic E-state index is -3.54. The summed E-state index contributed by atoms with van der Waals surface area (Å²) in [5.74, 6) is -0.0327.